The standard InChI is InChI=1S/C9H11BN2O4/c1-9(2,10)7-4-3-6(11(13)14)5-8(7)12(15)16/h3-5H,10H2,1-2H3. The van der Waals surface area contributed by atoms with E-state index in [0.717, 1.165) is 6.07 Å². The predicted octanol–water partition coefficient (Wildman–Crippen LogP) is 1.37. The highest BCUT2D eigenvalue weighted by Crippen LogP contribution is 2.32. The third-order valence-corrected chi connectivity index (χ3v) is 2.20. The van der Waals surface area contributed by atoms with Crippen molar-refractivity contribution in [2.75, 3.05) is 0 Å². The molecule has 0 fully saturated rings. The minimum atomic E-state index is -0.639. The number of benzene rings is 1. The van der Waals surface area contributed by atoms with E-state index in [0.29, 0.717) is 5.56 Å². The Labute approximate surface area is 93.0 Å². The summed E-state index contributed by atoms with van der Waals surface area (Å²) < 4.78 is 0. The van der Waals surface area contributed by atoms with Crippen molar-refractivity contribution in [1.82, 2.24) is 0 Å². The van der Waals surface area contributed by atoms with E-state index in [1.807, 2.05) is 21.7 Å². The second-order valence-corrected chi connectivity index (χ2v) is 4.47. The Kier molecular flexibility index (Phi) is 2.98. The van der Waals surface area contributed by atoms with Crippen LogP contribution in [-0.4, -0.2) is 17.7 Å². The summed E-state index contributed by atoms with van der Waals surface area (Å²) in [6, 6.07) is 3.73. The largest absolute Gasteiger partial charge is 0.279 e. The van der Waals surface area contributed by atoms with Crippen LogP contribution in [0.4, 0.5) is 11.4 Å². The van der Waals surface area contributed by atoms with Crippen LogP contribution in [0.5, 0.6) is 0 Å². The molecule has 16 heavy (non-hydrogen) atoms. The summed E-state index contributed by atoms with van der Waals surface area (Å²) in [4.78, 5) is 20.1. The molecule has 0 aromatic heterocycles. The Morgan fingerprint density at radius 2 is 1.75 bits per heavy atom. The van der Waals surface area contributed by atoms with E-state index in [4.69, 9.17) is 0 Å². The van der Waals surface area contributed by atoms with Crippen LogP contribution in [0.15, 0.2) is 18.2 Å². The fourth-order valence-corrected chi connectivity index (χ4v) is 1.42. The summed E-state index contributed by atoms with van der Waals surface area (Å²) >= 11 is 0. The number of rotatable bonds is 3. The van der Waals surface area contributed by atoms with Crippen molar-refractivity contribution in [2.45, 2.75) is 19.2 Å². The van der Waals surface area contributed by atoms with Crippen LogP contribution in [0.1, 0.15) is 19.4 Å². The van der Waals surface area contributed by atoms with E-state index >= 15 is 0 Å². The maximum Gasteiger partial charge on any atom is 0.279 e. The first-order valence-electron chi connectivity index (χ1n) is 4.67. The van der Waals surface area contributed by atoms with Gasteiger partial charge in [-0.15, -0.1) is 0 Å². The van der Waals surface area contributed by atoms with E-state index < -0.39 is 15.2 Å². The highest BCUT2D eigenvalue weighted by molar-refractivity contribution is 6.15. The van der Waals surface area contributed by atoms with Crippen molar-refractivity contribution < 1.29 is 9.85 Å². The van der Waals surface area contributed by atoms with Gasteiger partial charge < -0.3 is 0 Å². The number of nitro benzene ring substituents is 2. The van der Waals surface area contributed by atoms with Gasteiger partial charge in [-0.25, -0.2) is 0 Å². The van der Waals surface area contributed by atoms with Gasteiger partial charge in [-0.05, 0) is 11.4 Å². The van der Waals surface area contributed by atoms with Gasteiger partial charge in [0.05, 0.1) is 15.9 Å². The third kappa shape index (κ3) is 2.36. The minimum Gasteiger partial charge on any atom is -0.258 e. The zero-order valence-electron chi connectivity index (χ0n) is 9.26. The smallest absolute Gasteiger partial charge is 0.258 e. The van der Waals surface area contributed by atoms with Crippen molar-refractivity contribution in [2.24, 2.45) is 0 Å². The van der Waals surface area contributed by atoms with Crippen LogP contribution in [-0.2, 0) is 5.31 Å². The first kappa shape index (κ1) is 12.2. The molecule has 0 bridgehead atoms. The molecule has 0 unspecified atom stereocenters. The number of nitrogens with zero attached hydrogens (tertiary/aromatic N) is 2. The maximum atomic E-state index is 10.8. The molecule has 6 nitrogen and oxygen atoms in total. The Morgan fingerprint density at radius 1 is 1.19 bits per heavy atom. The summed E-state index contributed by atoms with van der Waals surface area (Å²) in [5.74, 6) is 0. The minimum absolute atomic E-state index is 0.207. The number of non-ortho nitro benzene ring substituents is 1. The Hall–Kier alpha value is -1.92. The van der Waals surface area contributed by atoms with E-state index in [1.165, 1.54) is 12.1 Å². The molecular formula is C9H11BN2O4. The normalized spacial score (nSPS) is 11.1. The average Bonchev–Trinajstić information content (AvgIpc) is 2.15. The lowest BCUT2D eigenvalue weighted by Crippen LogP contribution is -2.18. The van der Waals surface area contributed by atoms with Gasteiger partial charge in [-0.3, -0.25) is 20.2 Å². The summed E-state index contributed by atoms with van der Waals surface area (Å²) in [6.07, 6.45) is 0. The van der Waals surface area contributed by atoms with Crippen LogP contribution < -0.4 is 0 Å². The molecule has 0 N–H and O–H groups in total. The molecule has 0 saturated heterocycles. The molecule has 0 atom stereocenters. The van der Waals surface area contributed by atoms with Gasteiger partial charge in [0.15, 0.2) is 0 Å². The van der Waals surface area contributed by atoms with E-state index in [-0.39, 0.29) is 11.4 Å². The summed E-state index contributed by atoms with van der Waals surface area (Å²) in [7, 11) is 1.82. The van der Waals surface area contributed by atoms with E-state index in [9.17, 15) is 20.2 Å². The molecule has 0 aliphatic heterocycles. The molecule has 0 spiro atoms. The molecule has 0 radical (unpaired) electrons. The quantitative estimate of drug-likeness (QED) is 0.439. The van der Waals surface area contributed by atoms with Crippen molar-refractivity contribution >= 4 is 19.2 Å². The van der Waals surface area contributed by atoms with Gasteiger partial charge in [0.1, 0.15) is 7.85 Å². The van der Waals surface area contributed by atoms with Crippen molar-refractivity contribution in [3.8, 4) is 0 Å². The van der Waals surface area contributed by atoms with Crippen molar-refractivity contribution in [3.05, 3.63) is 44.0 Å². The number of hydrogen-bond acceptors (Lipinski definition) is 4. The number of nitro groups is 2. The zero-order valence-corrected chi connectivity index (χ0v) is 9.26. The molecule has 0 amide bonds. The summed E-state index contributed by atoms with van der Waals surface area (Å²) in [5, 5.41) is 20.9. The van der Waals surface area contributed by atoms with E-state index in [2.05, 4.69) is 0 Å². The zero-order chi connectivity index (χ0) is 12.5. The van der Waals surface area contributed by atoms with Crippen LogP contribution in [0.25, 0.3) is 0 Å². The molecule has 84 valence electrons. The molecule has 7 heteroatoms. The maximum absolute atomic E-state index is 10.8. The Balaban J connectivity index is 3.43. The molecule has 1 rings (SSSR count). The third-order valence-electron chi connectivity index (χ3n) is 2.20. The van der Waals surface area contributed by atoms with Crippen LogP contribution in [0.2, 0.25) is 0 Å². The van der Waals surface area contributed by atoms with Gasteiger partial charge >= 0.3 is 0 Å². The fourth-order valence-electron chi connectivity index (χ4n) is 1.42. The first-order chi connectivity index (χ1) is 7.23. The molecule has 0 aliphatic rings. The molecule has 0 heterocycles. The molecule has 1 aromatic rings. The molecule has 0 aliphatic carbocycles. The lowest BCUT2D eigenvalue weighted by Gasteiger charge is -2.18. The lowest BCUT2D eigenvalue weighted by atomic mass is 9.67. The second-order valence-electron chi connectivity index (χ2n) is 4.47. The lowest BCUT2D eigenvalue weighted by molar-refractivity contribution is -0.394. The Bertz CT molecular complexity index is 453. The average molecular weight is 222 g/mol. The Morgan fingerprint density at radius 3 is 2.12 bits per heavy atom. The van der Waals surface area contributed by atoms with Crippen LogP contribution in [0, 0.1) is 20.2 Å². The fraction of sp³-hybridized carbons (Fsp3) is 0.333. The van der Waals surface area contributed by atoms with Gasteiger partial charge in [0.2, 0.25) is 0 Å². The van der Waals surface area contributed by atoms with E-state index in [1.54, 1.807) is 0 Å². The van der Waals surface area contributed by atoms with Crippen LogP contribution in [0.3, 0.4) is 0 Å². The van der Waals surface area contributed by atoms with Gasteiger partial charge in [-0.1, -0.05) is 13.8 Å². The highest BCUT2D eigenvalue weighted by atomic mass is 16.6. The topological polar surface area (TPSA) is 86.3 Å². The molecular weight excluding hydrogens is 211 g/mol. The van der Waals surface area contributed by atoms with Crippen molar-refractivity contribution in [1.29, 1.82) is 0 Å². The monoisotopic (exact) mass is 222 g/mol. The second kappa shape index (κ2) is 3.92. The predicted molar refractivity (Wildman–Crippen MR) is 61.3 cm³/mol. The summed E-state index contributed by atoms with van der Waals surface area (Å²) in [6.45, 7) is 3.64. The van der Waals surface area contributed by atoms with Gasteiger partial charge in [0.25, 0.3) is 11.4 Å². The first-order valence-corrected chi connectivity index (χ1v) is 4.67. The van der Waals surface area contributed by atoms with Crippen LogP contribution >= 0.6 is 0 Å². The molecule has 0 saturated carbocycles. The highest BCUT2D eigenvalue weighted by Gasteiger charge is 2.27. The number of hydrogen-bond donors (Lipinski definition) is 0. The SMILES string of the molecule is BC(C)(C)c1ccc([N+](=O)[O-])cc1[N+](=O)[O-]. The van der Waals surface area contributed by atoms with Crippen molar-refractivity contribution in [3.63, 3.8) is 0 Å². The summed E-state index contributed by atoms with van der Waals surface area (Å²) in [5.41, 5.74) is 0.0181. The van der Waals surface area contributed by atoms with Gasteiger partial charge in [-0.2, -0.15) is 0 Å². The van der Waals surface area contributed by atoms with Gasteiger partial charge in [0, 0.05) is 11.6 Å². The molecule has 1 aromatic carbocycles.